The second-order valence-electron chi connectivity index (χ2n) is 7.44. The molecule has 0 bridgehead atoms. The van der Waals surface area contributed by atoms with Gasteiger partial charge in [0.05, 0.1) is 6.42 Å². The Morgan fingerprint density at radius 3 is 2.42 bits per heavy atom. The summed E-state index contributed by atoms with van der Waals surface area (Å²) in [5, 5.41) is 3.65. The third-order valence-electron chi connectivity index (χ3n) is 4.97. The average molecular weight is 474 g/mol. The predicted octanol–water partition coefficient (Wildman–Crippen LogP) is 8.09. The topological polar surface area (TPSA) is 38.3 Å². The van der Waals surface area contributed by atoms with Crippen molar-refractivity contribution in [2.24, 2.45) is 0 Å². The van der Waals surface area contributed by atoms with Crippen LogP contribution in [0.3, 0.4) is 0 Å². The summed E-state index contributed by atoms with van der Waals surface area (Å²) in [5.41, 5.74) is 3.49. The molecule has 3 nitrogen and oxygen atoms in total. The Bertz CT molecular complexity index is 1230. The molecule has 0 heterocycles. The summed E-state index contributed by atoms with van der Waals surface area (Å²) in [6.07, 6.45) is 0.308. The Morgan fingerprint density at radius 2 is 1.70 bits per heavy atom. The maximum absolute atomic E-state index is 12.7. The maximum atomic E-state index is 12.7. The third kappa shape index (κ3) is 6.41. The van der Waals surface area contributed by atoms with Gasteiger partial charge in [0, 0.05) is 27.2 Å². The molecule has 1 amide bonds. The monoisotopic (exact) mass is 473 g/mol. The van der Waals surface area contributed by atoms with Crippen LogP contribution < -0.4 is 10.1 Å². The molecular weight excluding hydrogens is 450 g/mol. The van der Waals surface area contributed by atoms with Crippen LogP contribution in [0, 0.1) is 0 Å². The third-order valence-corrected chi connectivity index (χ3v) is 6.10. The van der Waals surface area contributed by atoms with E-state index < -0.39 is 0 Å². The largest absolute Gasteiger partial charge is 0.457 e. The molecule has 0 spiro atoms. The van der Waals surface area contributed by atoms with E-state index in [1.807, 2.05) is 84.9 Å². The Balaban J connectivity index is 1.55. The van der Waals surface area contributed by atoms with Crippen LogP contribution in [0.25, 0.3) is 11.1 Å². The van der Waals surface area contributed by atoms with E-state index in [1.165, 1.54) is 4.90 Å². The molecule has 0 radical (unpaired) electrons. The molecule has 0 aliphatic heterocycles. The summed E-state index contributed by atoms with van der Waals surface area (Å²) in [4.78, 5) is 13.9. The van der Waals surface area contributed by atoms with Gasteiger partial charge in [0.2, 0.25) is 5.91 Å². The number of thioether (sulfide) groups is 1. The van der Waals surface area contributed by atoms with Crippen LogP contribution in [-0.2, 0) is 11.2 Å². The van der Waals surface area contributed by atoms with Crippen molar-refractivity contribution in [3.63, 3.8) is 0 Å². The summed E-state index contributed by atoms with van der Waals surface area (Å²) in [6.45, 7) is 2.12. The van der Waals surface area contributed by atoms with Gasteiger partial charge in [-0.3, -0.25) is 4.79 Å². The van der Waals surface area contributed by atoms with E-state index in [2.05, 4.69) is 24.4 Å². The number of benzene rings is 4. The predicted molar refractivity (Wildman–Crippen MR) is 139 cm³/mol. The lowest BCUT2D eigenvalue weighted by atomic mass is 10.0. The van der Waals surface area contributed by atoms with Crippen molar-refractivity contribution < 1.29 is 9.53 Å². The van der Waals surface area contributed by atoms with Crippen molar-refractivity contribution in [1.29, 1.82) is 0 Å². The zero-order valence-corrected chi connectivity index (χ0v) is 19.8. The standard InChI is InChI=1S/C28H24ClNO2S/c1-2-33-25-14-11-20(12-15-25)17-28(31)30-23-13-16-26(21-7-6-8-22(29)18-21)27(19-23)32-24-9-4-3-5-10-24/h3-16,18-19H,2,17H2,1H3,(H,30,31). The number of amides is 1. The number of carbonyl (C=O) groups is 1. The molecule has 0 aliphatic rings. The van der Waals surface area contributed by atoms with E-state index >= 15 is 0 Å². The Morgan fingerprint density at radius 1 is 0.909 bits per heavy atom. The molecule has 0 unspecified atom stereocenters. The van der Waals surface area contributed by atoms with Gasteiger partial charge in [-0.2, -0.15) is 0 Å². The first-order chi connectivity index (χ1) is 16.1. The minimum absolute atomic E-state index is 0.0768. The summed E-state index contributed by atoms with van der Waals surface area (Å²) in [6, 6.07) is 31.0. The fourth-order valence-electron chi connectivity index (χ4n) is 3.46. The molecule has 0 aromatic heterocycles. The molecule has 1 N–H and O–H groups in total. The van der Waals surface area contributed by atoms with E-state index in [1.54, 1.807) is 11.8 Å². The zero-order valence-electron chi connectivity index (χ0n) is 18.3. The van der Waals surface area contributed by atoms with Crippen LogP contribution in [0.1, 0.15) is 12.5 Å². The normalized spacial score (nSPS) is 10.6. The average Bonchev–Trinajstić information content (AvgIpc) is 2.81. The van der Waals surface area contributed by atoms with Gasteiger partial charge in [0.25, 0.3) is 0 Å². The van der Waals surface area contributed by atoms with Gasteiger partial charge in [0.15, 0.2) is 0 Å². The van der Waals surface area contributed by atoms with E-state index in [4.69, 9.17) is 16.3 Å². The highest BCUT2D eigenvalue weighted by atomic mass is 35.5. The number of anilines is 1. The Labute approximate surface area is 203 Å². The second-order valence-corrected chi connectivity index (χ2v) is 9.21. The minimum Gasteiger partial charge on any atom is -0.457 e. The first-order valence-corrected chi connectivity index (χ1v) is 12.1. The van der Waals surface area contributed by atoms with Gasteiger partial charge >= 0.3 is 0 Å². The van der Waals surface area contributed by atoms with Crippen molar-refractivity contribution >= 4 is 35.0 Å². The molecule has 33 heavy (non-hydrogen) atoms. The summed E-state index contributed by atoms with van der Waals surface area (Å²) < 4.78 is 6.18. The molecular formula is C28H24ClNO2S. The van der Waals surface area contributed by atoms with Gasteiger partial charge in [-0.1, -0.05) is 61.0 Å². The van der Waals surface area contributed by atoms with Gasteiger partial charge < -0.3 is 10.1 Å². The van der Waals surface area contributed by atoms with Gasteiger partial charge in [0.1, 0.15) is 11.5 Å². The van der Waals surface area contributed by atoms with Crippen LogP contribution in [0.5, 0.6) is 11.5 Å². The van der Waals surface area contributed by atoms with Crippen molar-refractivity contribution in [1.82, 2.24) is 0 Å². The zero-order chi connectivity index (χ0) is 23.0. The van der Waals surface area contributed by atoms with Crippen LogP contribution in [-0.4, -0.2) is 11.7 Å². The fraction of sp³-hybridized carbons (Fsp3) is 0.107. The van der Waals surface area contributed by atoms with E-state index in [0.29, 0.717) is 28.6 Å². The smallest absolute Gasteiger partial charge is 0.228 e. The highest BCUT2D eigenvalue weighted by molar-refractivity contribution is 7.99. The first kappa shape index (κ1) is 23.0. The van der Waals surface area contributed by atoms with Crippen LogP contribution in [0.2, 0.25) is 5.02 Å². The quantitative estimate of drug-likeness (QED) is 0.263. The van der Waals surface area contributed by atoms with E-state index in [9.17, 15) is 4.79 Å². The van der Waals surface area contributed by atoms with E-state index in [0.717, 1.165) is 22.4 Å². The van der Waals surface area contributed by atoms with Crippen molar-refractivity contribution in [3.05, 3.63) is 108 Å². The number of hydrogen-bond acceptors (Lipinski definition) is 3. The SMILES string of the molecule is CCSc1ccc(CC(=O)Nc2ccc(-c3cccc(Cl)c3)c(Oc3ccccc3)c2)cc1. The number of para-hydroxylation sites is 1. The number of halogens is 1. The summed E-state index contributed by atoms with van der Waals surface area (Å²) in [5.74, 6) is 2.31. The molecule has 0 saturated heterocycles. The van der Waals surface area contributed by atoms with Crippen LogP contribution >= 0.6 is 23.4 Å². The lowest BCUT2D eigenvalue weighted by Crippen LogP contribution is -2.14. The molecule has 0 saturated carbocycles. The van der Waals surface area contributed by atoms with Gasteiger partial charge in [-0.05, 0) is 65.4 Å². The van der Waals surface area contributed by atoms with Crippen molar-refractivity contribution in [3.8, 4) is 22.6 Å². The lowest BCUT2D eigenvalue weighted by molar-refractivity contribution is -0.115. The molecule has 4 rings (SSSR count). The highest BCUT2D eigenvalue weighted by Gasteiger charge is 2.12. The van der Waals surface area contributed by atoms with Gasteiger partial charge in [-0.25, -0.2) is 0 Å². The number of carbonyl (C=O) groups excluding carboxylic acids is 1. The van der Waals surface area contributed by atoms with Crippen LogP contribution in [0.4, 0.5) is 5.69 Å². The fourth-order valence-corrected chi connectivity index (χ4v) is 4.31. The number of nitrogens with one attached hydrogen (secondary N) is 1. The molecule has 4 aromatic rings. The molecule has 166 valence electrons. The molecule has 5 heteroatoms. The molecule has 4 aromatic carbocycles. The van der Waals surface area contributed by atoms with Gasteiger partial charge in [-0.15, -0.1) is 11.8 Å². The summed E-state index contributed by atoms with van der Waals surface area (Å²) in [7, 11) is 0. The van der Waals surface area contributed by atoms with Crippen LogP contribution in [0.15, 0.2) is 102 Å². The second kappa shape index (κ2) is 11.1. The minimum atomic E-state index is -0.0768. The molecule has 0 atom stereocenters. The number of ether oxygens (including phenoxy) is 1. The van der Waals surface area contributed by atoms with Crippen molar-refractivity contribution in [2.75, 3.05) is 11.1 Å². The maximum Gasteiger partial charge on any atom is 0.228 e. The number of rotatable bonds is 8. The number of hydrogen-bond donors (Lipinski definition) is 1. The first-order valence-electron chi connectivity index (χ1n) is 10.7. The van der Waals surface area contributed by atoms with E-state index in [-0.39, 0.29) is 5.91 Å². The Kier molecular flexibility index (Phi) is 7.71. The molecule has 0 fully saturated rings. The highest BCUT2D eigenvalue weighted by Crippen LogP contribution is 2.36. The van der Waals surface area contributed by atoms with Crippen molar-refractivity contribution in [2.45, 2.75) is 18.2 Å². The molecule has 0 aliphatic carbocycles. The summed E-state index contributed by atoms with van der Waals surface area (Å²) >= 11 is 8.00. The lowest BCUT2D eigenvalue weighted by Gasteiger charge is -2.14. The Hall–Kier alpha value is -3.21.